The lowest BCUT2D eigenvalue weighted by molar-refractivity contribution is 0.334. The fourth-order valence-corrected chi connectivity index (χ4v) is 0.873. The minimum atomic E-state index is 0. The van der Waals surface area contributed by atoms with Crippen molar-refractivity contribution in [2.75, 3.05) is 0 Å². The molecule has 0 spiro atoms. The summed E-state index contributed by atoms with van der Waals surface area (Å²) in [7, 11) is 0. The van der Waals surface area contributed by atoms with Gasteiger partial charge in [0.25, 0.3) is 0 Å². The van der Waals surface area contributed by atoms with E-state index in [1.165, 1.54) is 3.57 Å². The maximum absolute atomic E-state index is 4.90. The zero-order valence-electron chi connectivity index (χ0n) is 5.08. The van der Waals surface area contributed by atoms with E-state index in [9.17, 15) is 0 Å². The van der Waals surface area contributed by atoms with Crippen molar-refractivity contribution in [3.05, 3.63) is 27.8 Å². The average molecular weight is 271 g/mol. The summed E-state index contributed by atoms with van der Waals surface area (Å²) >= 11 is 2.22. The summed E-state index contributed by atoms with van der Waals surface area (Å²) in [5, 5.41) is 0. The fourth-order valence-electron chi connectivity index (χ4n) is 0.513. The van der Waals surface area contributed by atoms with E-state index in [2.05, 4.69) is 27.4 Å². The standard InChI is InChI=1S/C6H6INO.ClH/c7-5-1-3-6(9-8)4-2-5;/h1-4H,8H2;1H. The Morgan fingerprint density at radius 3 is 2.10 bits per heavy atom. The van der Waals surface area contributed by atoms with Crippen molar-refractivity contribution in [1.82, 2.24) is 0 Å². The van der Waals surface area contributed by atoms with Gasteiger partial charge in [0.15, 0.2) is 0 Å². The number of hydrogen-bond donors (Lipinski definition) is 1. The van der Waals surface area contributed by atoms with Crippen LogP contribution in [0.2, 0.25) is 0 Å². The van der Waals surface area contributed by atoms with Crippen LogP contribution in [0.1, 0.15) is 0 Å². The Morgan fingerprint density at radius 1 is 1.20 bits per heavy atom. The van der Waals surface area contributed by atoms with Gasteiger partial charge in [0, 0.05) is 3.57 Å². The molecule has 10 heavy (non-hydrogen) atoms. The molecule has 0 amide bonds. The van der Waals surface area contributed by atoms with Gasteiger partial charge in [-0.1, -0.05) is 0 Å². The van der Waals surface area contributed by atoms with Gasteiger partial charge in [-0.15, -0.1) is 12.4 Å². The SMILES string of the molecule is Cl.NOc1ccc(I)cc1. The van der Waals surface area contributed by atoms with Crippen LogP contribution in [-0.2, 0) is 0 Å². The predicted octanol–water partition coefficient (Wildman–Crippen LogP) is 1.97. The Kier molecular flexibility index (Phi) is 4.76. The lowest BCUT2D eigenvalue weighted by atomic mass is 10.3. The van der Waals surface area contributed by atoms with Crippen LogP contribution < -0.4 is 10.7 Å². The highest BCUT2D eigenvalue weighted by molar-refractivity contribution is 14.1. The fraction of sp³-hybridized carbons (Fsp3) is 0. The van der Waals surface area contributed by atoms with E-state index in [1.54, 1.807) is 0 Å². The summed E-state index contributed by atoms with van der Waals surface area (Å²) < 4.78 is 1.17. The number of rotatable bonds is 1. The van der Waals surface area contributed by atoms with Gasteiger partial charge in [-0.25, -0.2) is 0 Å². The number of nitrogens with two attached hydrogens (primary N) is 1. The van der Waals surface area contributed by atoms with Gasteiger partial charge >= 0.3 is 0 Å². The quantitative estimate of drug-likeness (QED) is 0.626. The van der Waals surface area contributed by atoms with E-state index >= 15 is 0 Å². The van der Waals surface area contributed by atoms with Crippen LogP contribution in [0.4, 0.5) is 0 Å². The van der Waals surface area contributed by atoms with E-state index in [0.29, 0.717) is 5.75 Å². The van der Waals surface area contributed by atoms with Crippen molar-refractivity contribution < 1.29 is 4.84 Å². The van der Waals surface area contributed by atoms with Crippen molar-refractivity contribution in [3.8, 4) is 5.75 Å². The minimum Gasteiger partial charge on any atom is -0.412 e. The number of halogens is 2. The van der Waals surface area contributed by atoms with Gasteiger partial charge in [0.05, 0.1) is 0 Å². The zero-order valence-corrected chi connectivity index (χ0v) is 8.06. The van der Waals surface area contributed by atoms with Crippen molar-refractivity contribution >= 4 is 35.0 Å². The molecule has 0 aromatic heterocycles. The highest BCUT2D eigenvalue weighted by Crippen LogP contribution is 2.11. The maximum Gasteiger partial charge on any atom is 0.146 e. The Morgan fingerprint density at radius 2 is 1.70 bits per heavy atom. The number of hydrogen-bond acceptors (Lipinski definition) is 2. The largest absolute Gasteiger partial charge is 0.412 e. The van der Waals surface area contributed by atoms with Gasteiger partial charge in [0.2, 0.25) is 0 Å². The smallest absolute Gasteiger partial charge is 0.146 e. The molecule has 0 aliphatic carbocycles. The Balaban J connectivity index is 0.000000810. The summed E-state index contributed by atoms with van der Waals surface area (Å²) in [4.78, 5) is 4.47. The van der Waals surface area contributed by atoms with E-state index < -0.39 is 0 Å². The van der Waals surface area contributed by atoms with Gasteiger partial charge in [-0.2, -0.15) is 5.90 Å². The molecule has 2 nitrogen and oxygen atoms in total. The normalized spacial score (nSPS) is 8.20. The molecule has 4 heteroatoms. The molecule has 0 unspecified atom stereocenters. The summed E-state index contributed by atoms with van der Waals surface area (Å²) in [6.45, 7) is 0. The topological polar surface area (TPSA) is 35.2 Å². The first-order chi connectivity index (χ1) is 4.33. The monoisotopic (exact) mass is 271 g/mol. The molecule has 2 N–H and O–H groups in total. The van der Waals surface area contributed by atoms with Crippen molar-refractivity contribution in [2.45, 2.75) is 0 Å². The molecule has 0 saturated carbocycles. The Labute approximate surface area is 79.3 Å². The predicted molar refractivity (Wildman–Crippen MR) is 51.2 cm³/mol. The first-order valence-corrected chi connectivity index (χ1v) is 3.53. The molecule has 0 bridgehead atoms. The Hall–Kier alpha value is -0.000000000000000111. The molecule has 0 saturated heterocycles. The van der Waals surface area contributed by atoms with Gasteiger partial charge < -0.3 is 4.84 Å². The van der Waals surface area contributed by atoms with Crippen LogP contribution in [0.3, 0.4) is 0 Å². The molecule has 0 heterocycles. The van der Waals surface area contributed by atoms with Crippen molar-refractivity contribution in [2.24, 2.45) is 5.90 Å². The molecule has 0 radical (unpaired) electrons. The maximum atomic E-state index is 4.90. The van der Waals surface area contributed by atoms with E-state index in [4.69, 9.17) is 5.90 Å². The van der Waals surface area contributed by atoms with Crippen LogP contribution >= 0.6 is 35.0 Å². The number of benzene rings is 1. The summed E-state index contributed by atoms with van der Waals surface area (Å²) in [5.74, 6) is 5.59. The highest BCUT2D eigenvalue weighted by Gasteiger charge is 1.87. The molecule has 0 fully saturated rings. The lowest BCUT2D eigenvalue weighted by Crippen LogP contribution is -2.00. The molecule has 56 valence electrons. The van der Waals surface area contributed by atoms with E-state index in [1.807, 2.05) is 24.3 Å². The third-order valence-corrected chi connectivity index (χ3v) is 1.67. The summed E-state index contributed by atoms with van der Waals surface area (Å²) in [6.07, 6.45) is 0. The molecule has 0 atom stereocenters. The first kappa shape index (κ1) is 10.0. The van der Waals surface area contributed by atoms with Crippen molar-refractivity contribution in [3.63, 3.8) is 0 Å². The van der Waals surface area contributed by atoms with Crippen LogP contribution in [0.25, 0.3) is 0 Å². The van der Waals surface area contributed by atoms with Crippen molar-refractivity contribution in [1.29, 1.82) is 0 Å². The molecule has 1 aromatic carbocycles. The highest BCUT2D eigenvalue weighted by atomic mass is 127. The van der Waals surface area contributed by atoms with Gasteiger partial charge in [0.1, 0.15) is 5.75 Å². The summed E-state index contributed by atoms with van der Waals surface area (Å²) in [5.41, 5.74) is 0. The van der Waals surface area contributed by atoms with Gasteiger partial charge in [-0.05, 0) is 46.9 Å². The first-order valence-electron chi connectivity index (χ1n) is 2.45. The molecular weight excluding hydrogens is 264 g/mol. The molecule has 0 aliphatic heterocycles. The molecule has 1 aromatic rings. The second-order valence-electron chi connectivity index (χ2n) is 1.57. The second-order valence-corrected chi connectivity index (χ2v) is 2.82. The second kappa shape index (κ2) is 4.76. The summed E-state index contributed by atoms with van der Waals surface area (Å²) in [6, 6.07) is 7.51. The Bertz CT molecular complexity index is 189. The zero-order chi connectivity index (χ0) is 6.69. The van der Waals surface area contributed by atoms with Crippen LogP contribution in [0, 0.1) is 3.57 Å². The van der Waals surface area contributed by atoms with Gasteiger partial charge in [-0.3, -0.25) is 0 Å². The van der Waals surface area contributed by atoms with Crippen LogP contribution in [-0.4, -0.2) is 0 Å². The average Bonchev–Trinajstić information content (AvgIpc) is 1.90. The van der Waals surface area contributed by atoms with E-state index in [0.717, 1.165) is 0 Å². The lowest BCUT2D eigenvalue weighted by Gasteiger charge is -1.95. The minimum absolute atomic E-state index is 0. The molecule has 0 aliphatic rings. The van der Waals surface area contributed by atoms with E-state index in [-0.39, 0.29) is 12.4 Å². The third kappa shape index (κ3) is 2.72. The van der Waals surface area contributed by atoms with Crippen LogP contribution in [0.15, 0.2) is 24.3 Å². The van der Waals surface area contributed by atoms with Crippen LogP contribution in [0.5, 0.6) is 5.75 Å². The molecule has 1 rings (SSSR count). The molecular formula is C6H7ClINO. The third-order valence-electron chi connectivity index (χ3n) is 0.950.